The fraction of sp³-hybridized carbons (Fsp3) is 0.471. The molecule has 1 aromatic carbocycles. The molecule has 0 bridgehead atoms. The second kappa shape index (κ2) is 6.75. The molecule has 0 spiro atoms. The average molecular weight is 311 g/mol. The van der Waals surface area contributed by atoms with E-state index in [1.165, 1.54) is 16.5 Å². The van der Waals surface area contributed by atoms with Crippen LogP contribution in [-0.4, -0.2) is 52.2 Å². The molecule has 2 heterocycles. The van der Waals surface area contributed by atoms with Crippen molar-refractivity contribution in [1.82, 2.24) is 4.98 Å². The van der Waals surface area contributed by atoms with Crippen LogP contribution < -0.4 is 0 Å². The first kappa shape index (κ1) is 17.5. The summed E-state index contributed by atoms with van der Waals surface area (Å²) >= 11 is 0. The van der Waals surface area contributed by atoms with Crippen molar-refractivity contribution in [2.24, 2.45) is 0 Å². The van der Waals surface area contributed by atoms with E-state index < -0.39 is 11.6 Å². The minimum absolute atomic E-state index is 0. The molecular weight excluding hydrogens is 289 g/mol. The van der Waals surface area contributed by atoms with Crippen LogP contribution in [0.15, 0.2) is 18.2 Å². The molecule has 0 amide bonds. The number of aromatic nitrogens is 1. The van der Waals surface area contributed by atoms with Crippen molar-refractivity contribution in [3.05, 3.63) is 35.0 Å². The Morgan fingerprint density at radius 3 is 2.82 bits per heavy atom. The van der Waals surface area contributed by atoms with Gasteiger partial charge in [0, 0.05) is 10.9 Å². The van der Waals surface area contributed by atoms with Gasteiger partial charge in [-0.3, -0.25) is 4.79 Å². The van der Waals surface area contributed by atoms with Gasteiger partial charge in [-0.25, -0.2) is 0 Å². The van der Waals surface area contributed by atoms with Gasteiger partial charge in [-0.2, -0.15) is 0 Å². The van der Waals surface area contributed by atoms with Crippen LogP contribution in [-0.2, 0) is 28.0 Å². The first-order valence-electron chi connectivity index (χ1n) is 7.60. The molecule has 1 aromatic heterocycles. The number of fused-ring (bicyclic) bond motifs is 3. The number of aromatic amines is 1. The van der Waals surface area contributed by atoms with E-state index in [4.69, 9.17) is 4.74 Å². The van der Waals surface area contributed by atoms with E-state index in [1.807, 2.05) is 6.92 Å². The first-order valence-corrected chi connectivity index (χ1v) is 7.60. The molecule has 114 valence electrons. The number of hydrogen-bond donors (Lipinski definition) is 2. The van der Waals surface area contributed by atoms with Crippen LogP contribution in [0.25, 0.3) is 10.9 Å². The second-order valence-electron chi connectivity index (χ2n) is 5.69. The maximum atomic E-state index is 11.3. The van der Waals surface area contributed by atoms with Gasteiger partial charge in [0.2, 0.25) is 0 Å². The SMILES string of the molecule is CCc1cccc2c3c([nH]c12)C(CC)(CC(=O)O)OCC3.[NaH]. The van der Waals surface area contributed by atoms with Crippen molar-refractivity contribution in [3.63, 3.8) is 0 Å². The van der Waals surface area contributed by atoms with E-state index in [1.54, 1.807) is 0 Å². The predicted molar refractivity (Wildman–Crippen MR) is 88.7 cm³/mol. The molecule has 22 heavy (non-hydrogen) atoms. The van der Waals surface area contributed by atoms with Gasteiger partial charge in [0.05, 0.1) is 18.7 Å². The van der Waals surface area contributed by atoms with Gasteiger partial charge >= 0.3 is 35.5 Å². The summed E-state index contributed by atoms with van der Waals surface area (Å²) < 4.78 is 5.94. The molecule has 3 rings (SSSR count). The monoisotopic (exact) mass is 311 g/mol. The Hall–Kier alpha value is -0.810. The number of nitrogens with one attached hydrogen (secondary N) is 1. The molecule has 0 saturated carbocycles. The van der Waals surface area contributed by atoms with Crippen LogP contribution in [0.3, 0.4) is 0 Å². The summed E-state index contributed by atoms with van der Waals surface area (Å²) in [5.41, 5.74) is 3.88. The van der Waals surface area contributed by atoms with E-state index in [2.05, 4.69) is 30.1 Å². The van der Waals surface area contributed by atoms with E-state index in [-0.39, 0.29) is 36.0 Å². The molecule has 0 saturated heterocycles. The van der Waals surface area contributed by atoms with Crippen LogP contribution in [0.5, 0.6) is 0 Å². The van der Waals surface area contributed by atoms with Crippen molar-refractivity contribution in [2.45, 2.75) is 45.1 Å². The van der Waals surface area contributed by atoms with Crippen LogP contribution in [0, 0.1) is 0 Å². The Kier molecular flexibility index (Phi) is 5.38. The average Bonchev–Trinajstić information content (AvgIpc) is 2.87. The van der Waals surface area contributed by atoms with Crippen LogP contribution >= 0.6 is 0 Å². The molecule has 1 unspecified atom stereocenters. The maximum absolute atomic E-state index is 11.3. The second-order valence-corrected chi connectivity index (χ2v) is 5.69. The minimum atomic E-state index is -0.820. The molecule has 0 aliphatic carbocycles. The van der Waals surface area contributed by atoms with E-state index in [0.29, 0.717) is 13.0 Å². The zero-order valence-electron chi connectivity index (χ0n) is 12.5. The third-order valence-electron chi connectivity index (χ3n) is 4.60. The van der Waals surface area contributed by atoms with E-state index in [0.717, 1.165) is 24.1 Å². The quantitative estimate of drug-likeness (QED) is 0.854. The number of H-pyrrole nitrogens is 1. The number of aliphatic carboxylic acids is 1. The van der Waals surface area contributed by atoms with Gasteiger partial charge < -0.3 is 14.8 Å². The Bertz CT molecular complexity index is 695. The summed E-state index contributed by atoms with van der Waals surface area (Å²) in [4.78, 5) is 14.8. The summed E-state index contributed by atoms with van der Waals surface area (Å²) in [6, 6.07) is 6.32. The molecule has 0 radical (unpaired) electrons. The summed E-state index contributed by atoms with van der Waals surface area (Å²) in [5.74, 6) is -0.820. The van der Waals surface area contributed by atoms with Gasteiger partial charge in [0.15, 0.2) is 0 Å². The zero-order chi connectivity index (χ0) is 15.0. The van der Waals surface area contributed by atoms with Crippen molar-refractivity contribution in [1.29, 1.82) is 0 Å². The number of carboxylic acids is 1. The molecule has 1 aliphatic heterocycles. The van der Waals surface area contributed by atoms with Gasteiger partial charge in [-0.1, -0.05) is 32.0 Å². The Morgan fingerprint density at radius 1 is 1.41 bits per heavy atom. The summed E-state index contributed by atoms with van der Waals surface area (Å²) in [6.07, 6.45) is 2.45. The summed E-state index contributed by atoms with van der Waals surface area (Å²) in [7, 11) is 0. The van der Waals surface area contributed by atoms with Crippen molar-refractivity contribution >= 4 is 46.4 Å². The topological polar surface area (TPSA) is 62.3 Å². The molecule has 2 aromatic rings. The number of benzene rings is 1. The number of rotatable bonds is 4. The van der Waals surface area contributed by atoms with Gasteiger partial charge in [0.1, 0.15) is 5.60 Å². The number of carboxylic acid groups (broad SMARTS) is 1. The number of carbonyl (C=O) groups is 1. The summed E-state index contributed by atoms with van der Waals surface area (Å²) in [5, 5.41) is 10.5. The summed E-state index contributed by atoms with van der Waals surface area (Å²) in [6.45, 7) is 4.71. The van der Waals surface area contributed by atoms with Crippen LogP contribution in [0.4, 0.5) is 0 Å². The molecule has 0 fully saturated rings. The predicted octanol–water partition coefficient (Wildman–Crippen LogP) is 2.73. The van der Waals surface area contributed by atoms with Crippen molar-refractivity contribution < 1.29 is 14.6 Å². The Morgan fingerprint density at radius 2 is 2.18 bits per heavy atom. The number of hydrogen-bond acceptors (Lipinski definition) is 2. The van der Waals surface area contributed by atoms with E-state index >= 15 is 0 Å². The third-order valence-corrected chi connectivity index (χ3v) is 4.60. The number of aryl methyl sites for hydroxylation is 1. The van der Waals surface area contributed by atoms with Gasteiger partial charge in [0.25, 0.3) is 0 Å². The van der Waals surface area contributed by atoms with E-state index in [9.17, 15) is 9.90 Å². The standard InChI is InChI=1S/C17H21NO3.Na.H/c1-3-11-6-5-7-12-13-8-9-21-17(4-2,10-14(19)20)16(13)18-15(11)12;;/h5-7,18H,3-4,8-10H2,1-2H3,(H,19,20);;. The Balaban J connectivity index is 0.00000176. The first-order chi connectivity index (χ1) is 10.1. The fourth-order valence-corrected chi connectivity index (χ4v) is 3.49. The molecular formula is C17H22NNaO3. The number of para-hydroxylation sites is 1. The fourth-order valence-electron chi connectivity index (χ4n) is 3.49. The van der Waals surface area contributed by atoms with Gasteiger partial charge in [-0.15, -0.1) is 0 Å². The van der Waals surface area contributed by atoms with Gasteiger partial charge in [-0.05, 0) is 30.4 Å². The zero-order valence-corrected chi connectivity index (χ0v) is 12.5. The number of ether oxygens (including phenoxy) is 1. The van der Waals surface area contributed by atoms with Crippen LogP contribution in [0.1, 0.15) is 43.5 Å². The third kappa shape index (κ3) is 2.73. The van der Waals surface area contributed by atoms with Crippen molar-refractivity contribution in [2.75, 3.05) is 6.61 Å². The molecule has 4 nitrogen and oxygen atoms in total. The molecule has 1 aliphatic rings. The normalized spacial score (nSPS) is 20.5. The molecule has 1 atom stereocenters. The molecule has 2 N–H and O–H groups in total. The van der Waals surface area contributed by atoms with Crippen LogP contribution in [0.2, 0.25) is 0 Å². The van der Waals surface area contributed by atoms with Crippen molar-refractivity contribution in [3.8, 4) is 0 Å². The molecule has 5 heteroatoms. The Labute approximate surface area is 152 Å².